The molecule has 0 aliphatic carbocycles. The molecular formula is C9H10ClNO. The summed E-state index contributed by atoms with van der Waals surface area (Å²) in [7, 11) is 0. The quantitative estimate of drug-likeness (QED) is 0.522. The number of nitrogens with zero attached hydrogens (tertiary/aromatic N) is 1. The minimum Gasteiger partial charge on any atom is -0.391 e. The maximum absolute atomic E-state index is 5.70. The third kappa shape index (κ3) is 2.93. The van der Waals surface area contributed by atoms with Crippen LogP contribution in [0.2, 0.25) is 5.02 Å². The van der Waals surface area contributed by atoms with Gasteiger partial charge in [-0.15, -0.1) is 0 Å². The van der Waals surface area contributed by atoms with Crippen molar-refractivity contribution < 1.29 is 4.84 Å². The zero-order valence-corrected chi connectivity index (χ0v) is 7.58. The van der Waals surface area contributed by atoms with Crippen LogP contribution in [0.25, 0.3) is 0 Å². The van der Waals surface area contributed by atoms with Gasteiger partial charge in [0, 0.05) is 11.2 Å². The van der Waals surface area contributed by atoms with E-state index in [-0.39, 0.29) is 0 Å². The van der Waals surface area contributed by atoms with Crippen LogP contribution in [-0.4, -0.2) is 6.21 Å². The van der Waals surface area contributed by atoms with E-state index in [1.807, 2.05) is 31.2 Å². The highest BCUT2D eigenvalue weighted by Gasteiger charge is 1.91. The summed E-state index contributed by atoms with van der Waals surface area (Å²) in [6, 6.07) is 7.48. The molecule has 0 heterocycles. The molecule has 64 valence electrons. The number of rotatable bonds is 3. The molecule has 1 aromatic carbocycles. The molecule has 0 bridgehead atoms. The van der Waals surface area contributed by atoms with Gasteiger partial charge in [-0.2, -0.15) is 0 Å². The molecule has 0 spiro atoms. The Hall–Kier alpha value is -1.02. The van der Waals surface area contributed by atoms with Crippen molar-refractivity contribution in [2.24, 2.45) is 5.16 Å². The Kier molecular flexibility index (Phi) is 3.61. The van der Waals surface area contributed by atoms with Crippen molar-refractivity contribution in [1.29, 1.82) is 0 Å². The van der Waals surface area contributed by atoms with Crippen molar-refractivity contribution in [1.82, 2.24) is 0 Å². The highest BCUT2D eigenvalue weighted by atomic mass is 35.5. The fraction of sp³-hybridized carbons (Fsp3) is 0.222. The molecule has 0 aliphatic heterocycles. The summed E-state index contributed by atoms with van der Waals surface area (Å²) >= 11 is 5.70. The second kappa shape index (κ2) is 4.78. The average Bonchev–Trinajstić information content (AvgIpc) is 2.09. The van der Waals surface area contributed by atoms with E-state index in [0.717, 1.165) is 10.6 Å². The average molecular weight is 184 g/mol. The van der Waals surface area contributed by atoms with Gasteiger partial charge in [-0.05, 0) is 24.6 Å². The minimum atomic E-state index is 0.488. The Bertz CT molecular complexity index is 256. The molecule has 0 N–H and O–H groups in total. The van der Waals surface area contributed by atoms with Crippen LogP contribution in [0.15, 0.2) is 29.4 Å². The SMILES string of the molecule is C/C=N\OCc1ccc(Cl)cc1. The number of oxime groups is 1. The van der Waals surface area contributed by atoms with Gasteiger partial charge in [0.05, 0.1) is 0 Å². The van der Waals surface area contributed by atoms with E-state index < -0.39 is 0 Å². The van der Waals surface area contributed by atoms with E-state index in [2.05, 4.69) is 5.16 Å². The molecule has 0 radical (unpaired) electrons. The molecule has 0 fully saturated rings. The van der Waals surface area contributed by atoms with Crippen LogP contribution in [0.3, 0.4) is 0 Å². The van der Waals surface area contributed by atoms with Crippen molar-refractivity contribution in [3.8, 4) is 0 Å². The predicted octanol–water partition coefficient (Wildman–Crippen LogP) is 2.86. The molecule has 0 aliphatic rings. The number of benzene rings is 1. The van der Waals surface area contributed by atoms with Crippen LogP contribution < -0.4 is 0 Å². The van der Waals surface area contributed by atoms with Crippen molar-refractivity contribution in [2.45, 2.75) is 13.5 Å². The largest absolute Gasteiger partial charge is 0.391 e. The molecule has 0 amide bonds. The van der Waals surface area contributed by atoms with Crippen LogP contribution in [0.5, 0.6) is 0 Å². The van der Waals surface area contributed by atoms with Gasteiger partial charge in [-0.3, -0.25) is 0 Å². The van der Waals surface area contributed by atoms with Crippen molar-refractivity contribution >= 4 is 17.8 Å². The Morgan fingerprint density at radius 3 is 2.67 bits per heavy atom. The van der Waals surface area contributed by atoms with Gasteiger partial charge < -0.3 is 4.84 Å². The van der Waals surface area contributed by atoms with Gasteiger partial charge in [0.25, 0.3) is 0 Å². The monoisotopic (exact) mass is 183 g/mol. The maximum atomic E-state index is 5.70. The van der Waals surface area contributed by atoms with Crippen LogP contribution in [0.1, 0.15) is 12.5 Å². The fourth-order valence-electron chi connectivity index (χ4n) is 0.767. The lowest BCUT2D eigenvalue weighted by Crippen LogP contribution is -1.85. The lowest BCUT2D eigenvalue weighted by molar-refractivity contribution is 0.132. The Balaban J connectivity index is 2.47. The lowest BCUT2D eigenvalue weighted by Gasteiger charge is -1.98. The number of hydrogen-bond donors (Lipinski definition) is 0. The molecule has 12 heavy (non-hydrogen) atoms. The first-order valence-electron chi connectivity index (χ1n) is 3.67. The normalized spacial score (nSPS) is 10.5. The van der Waals surface area contributed by atoms with Crippen molar-refractivity contribution in [3.63, 3.8) is 0 Å². The first-order valence-corrected chi connectivity index (χ1v) is 4.05. The molecule has 0 atom stereocenters. The van der Waals surface area contributed by atoms with Crippen LogP contribution in [0.4, 0.5) is 0 Å². The predicted molar refractivity (Wildman–Crippen MR) is 50.4 cm³/mol. The van der Waals surface area contributed by atoms with Crippen LogP contribution in [0, 0.1) is 0 Å². The molecule has 1 rings (SSSR count). The maximum Gasteiger partial charge on any atom is 0.142 e. The second-order valence-corrected chi connectivity index (χ2v) is 2.70. The molecule has 1 aromatic rings. The van der Waals surface area contributed by atoms with Gasteiger partial charge in [0.2, 0.25) is 0 Å². The molecular weight excluding hydrogens is 174 g/mol. The third-order valence-corrected chi connectivity index (χ3v) is 1.58. The minimum absolute atomic E-state index is 0.488. The third-order valence-electron chi connectivity index (χ3n) is 1.32. The Morgan fingerprint density at radius 1 is 1.42 bits per heavy atom. The highest BCUT2D eigenvalue weighted by molar-refractivity contribution is 6.30. The van der Waals surface area contributed by atoms with Crippen LogP contribution in [-0.2, 0) is 11.4 Å². The van der Waals surface area contributed by atoms with Crippen LogP contribution >= 0.6 is 11.6 Å². The molecule has 0 saturated carbocycles. The first kappa shape index (κ1) is 9.07. The van der Waals surface area contributed by atoms with Crippen molar-refractivity contribution in [2.75, 3.05) is 0 Å². The summed E-state index contributed by atoms with van der Waals surface area (Å²) < 4.78 is 0. The van der Waals surface area contributed by atoms with E-state index in [4.69, 9.17) is 16.4 Å². The fourth-order valence-corrected chi connectivity index (χ4v) is 0.893. The van der Waals surface area contributed by atoms with E-state index in [1.54, 1.807) is 6.21 Å². The summed E-state index contributed by atoms with van der Waals surface area (Å²) in [5.74, 6) is 0. The Morgan fingerprint density at radius 2 is 2.08 bits per heavy atom. The summed E-state index contributed by atoms with van der Waals surface area (Å²) in [4.78, 5) is 4.94. The number of hydrogen-bond acceptors (Lipinski definition) is 2. The zero-order chi connectivity index (χ0) is 8.81. The van der Waals surface area contributed by atoms with Gasteiger partial charge >= 0.3 is 0 Å². The van der Waals surface area contributed by atoms with Gasteiger partial charge in [0.1, 0.15) is 6.61 Å². The van der Waals surface area contributed by atoms with E-state index >= 15 is 0 Å². The molecule has 0 unspecified atom stereocenters. The molecule has 0 aromatic heterocycles. The summed E-state index contributed by atoms with van der Waals surface area (Å²) in [6.45, 7) is 2.30. The summed E-state index contributed by atoms with van der Waals surface area (Å²) in [5.41, 5.74) is 1.06. The molecule has 2 nitrogen and oxygen atoms in total. The smallest absolute Gasteiger partial charge is 0.142 e. The topological polar surface area (TPSA) is 21.6 Å². The first-order chi connectivity index (χ1) is 5.83. The second-order valence-electron chi connectivity index (χ2n) is 2.26. The van der Waals surface area contributed by atoms with Gasteiger partial charge in [0.15, 0.2) is 0 Å². The van der Waals surface area contributed by atoms with E-state index in [1.165, 1.54) is 0 Å². The standard InChI is InChI=1S/C9H10ClNO/c1-2-11-12-7-8-3-5-9(10)6-4-8/h2-6H,7H2,1H3/b11-2-. The molecule has 0 saturated heterocycles. The van der Waals surface area contributed by atoms with E-state index in [0.29, 0.717) is 6.61 Å². The van der Waals surface area contributed by atoms with Gasteiger partial charge in [-0.1, -0.05) is 28.9 Å². The zero-order valence-electron chi connectivity index (χ0n) is 6.83. The summed E-state index contributed by atoms with van der Waals surface area (Å²) in [5, 5.41) is 4.37. The highest BCUT2D eigenvalue weighted by Crippen LogP contribution is 2.09. The van der Waals surface area contributed by atoms with Crippen molar-refractivity contribution in [3.05, 3.63) is 34.9 Å². The van der Waals surface area contributed by atoms with Gasteiger partial charge in [-0.25, -0.2) is 0 Å². The van der Waals surface area contributed by atoms with E-state index in [9.17, 15) is 0 Å². The number of halogens is 1. The lowest BCUT2D eigenvalue weighted by atomic mass is 10.2. The Labute approximate surface area is 76.8 Å². The molecule has 3 heteroatoms. The summed E-state index contributed by atoms with van der Waals surface area (Å²) in [6.07, 6.45) is 1.61.